The van der Waals surface area contributed by atoms with Crippen molar-refractivity contribution >= 4 is 33.0 Å². The molecule has 0 bridgehead atoms. The van der Waals surface area contributed by atoms with Crippen molar-refractivity contribution in [2.45, 2.75) is 18.2 Å². The summed E-state index contributed by atoms with van der Waals surface area (Å²) in [6.45, 7) is -0.249. The molecule has 6 nitrogen and oxygen atoms in total. The van der Waals surface area contributed by atoms with Gasteiger partial charge < -0.3 is 5.11 Å². The standard InChI is InChI=1S/C9H10ClN3O3S2/c10-8-2-1-7(17-8)4-12-18(15,16)9-6(5-14)3-11-13-9/h1-3,12,14H,4-5H2,(H,11,13). The van der Waals surface area contributed by atoms with Crippen LogP contribution in [0.3, 0.4) is 0 Å². The third kappa shape index (κ3) is 2.90. The SMILES string of the molecule is O=S(=O)(NCc1ccc(Cl)s1)c1[nH]ncc1CO. The lowest BCUT2D eigenvalue weighted by molar-refractivity contribution is 0.278. The number of hydrogen-bond acceptors (Lipinski definition) is 5. The van der Waals surface area contributed by atoms with E-state index >= 15 is 0 Å². The molecule has 0 atom stereocenters. The van der Waals surface area contributed by atoms with E-state index in [1.54, 1.807) is 12.1 Å². The zero-order valence-corrected chi connectivity index (χ0v) is 11.4. The number of nitrogens with one attached hydrogen (secondary N) is 2. The third-order valence-corrected chi connectivity index (χ3v) is 4.83. The van der Waals surface area contributed by atoms with Crippen molar-refractivity contribution in [1.29, 1.82) is 0 Å². The minimum absolute atomic E-state index is 0.118. The summed E-state index contributed by atoms with van der Waals surface area (Å²) < 4.78 is 26.9. The van der Waals surface area contributed by atoms with Gasteiger partial charge in [-0.2, -0.15) is 5.10 Å². The van der Waals surface area contributed by atoms with E-state index < -0.39 is 16.6 Å². The lowest BCUT2D eigenvalue weighted by Crippen LogP contribution is -2.24. The number of thiophene rings is 1. The number of aliphatic hydroxyl groups excluding tert-OH is 1. The molecule has 2 heterocycles. The topological polar surface area (TPSA) is 95.1 Å². The molecule has 2 aromatic rings. The minimum atomic E-state index is -3.71. The van der Waals surface area contributed by atoms with E-state index in [0.29, 0.717) is 4.34 Å². The van der Waals surface area contributed by atoms with Gasteiger partial charge in [0.25, 0.3) is 10.0 Å². The molecule has 0 unspecified atom stereocenters. The van der Waals surface area contributed by atoms with Crippen LogP contribution in [0.25, 0.3) is 0 Å². The Kier molecular flexibility index (Phi) is 4.03. The molecule has 0 aliphatic heterocycles. The molecule has 2 aromatic heterocycles. The monoisotopic (exact) mass is 307 g/mol. The predicted octanol–water partition coefficient (Wildman–Crippen LogP) is 1.10. The predicted molar refractivity (Wildman–Crippen MR) is 67.9 cm³/mol. The van der Waals surface area contributed by atoms with Gasteiger partial charge in [0.1, 0.15) is 0 Å². The summed E-state index contributed by atoms with van der Waals surface area (Å²) in [6.07, 6.45) is 1.27. The largest absolute Gasteiger partial charge is 0.392 e. The average molecular weight is 308 g/mol. The number of aliphatic hydroxyl groups is 1. The number of H-pyrrole nitrogens is 1. The summed E-state index contributed by atoms with van der Waals surface area (Å²) in [5, 5.41) is 14.8. The van der Waals surface area contributed by atoms with E-state index in [1.807, 2.05) is 0 Å². The number of nitrogens with zero attached hydrogens (tertiary/aromatic N) is 1. The van der Waals surface area contributed by atoms with Crippen LogP contribution >= 0.6 is 22.9 Å². The van der Waals surface area contributed by atoms with E-state index in [9.17, 15) is 8.42 Å². The molecule has 3 N–H and O–H groups in total. The summed E-state index contributed by atoms with van der Waals surface area (Å²) >= 11 is 7.05. The van der Waals surface area contributed by atoms with Crippen LogP contribution in [0.4, 0.5) is 0 Å². The Hall–Kier alpha value is -0.930. The first-order chi connectivity index (χ1) is 8.53. The smallest absolute Gasteiger partial charge is 0.258 e. The molecular weight excluding hydrogens is 298 g/mol. The van der Waals surface area contributed by atoms with Gasteiger partial charge in [-0.3, -0.25) is 5.10 Å². The third-order valence-electron chi connectivity index (χ3n) is 2.18. The van der Waals surface area contributed by atoms with Gasteiger partial charge >= 0.3 is 0 Å². The van der Waals surface area contributed by atoms with Crippen molar-refractivity contribution in [3.63, 3.8) is 0 Å². The molecule has 0 spiro atoms. The molecule has 0 saturated heterocycles. The van der Waals surface area contributed by atoms with Crippen LogP contribution in [0.2, 0.25) is 4.34 Å². The van der Waals surface area contributed by atoms with E-state index in [2.05, 4.69) is 14.9 Å². The maximum Gasteiger partial charge on any atom is 0.258 e. The highest BCUT2D eigenvalue weighted by molar-refractivity contribution is 7.89. The van der Waals surface area contributed by atoms with Gasteiger partial charge in [0.05, 0.1) is 17.1 Å². The van der Waals surface area contributed by atoms with E-state index in [0.717, 1.165) is 4.88 Å². The summed E-state index contributed by atoms with van der Waals surface area (Å²) in [7, 11) is -3.71. The van der Waals surface area contributed by atoms with Crippen LogP contribution < -0.4 is 4.72 Å². The van der Waals surface area contributed by atoms with Crippen molar-refractivity contribution in [2.24, 2.45) is 0 Å². The van der Waals surface area contributed by atoms with Crippen LogP contribution in [-0.2, 0) is 23.2 Å². The first-order valence-electron chi connectivity index (χ1n) is 4.90. The van der Waals surface area contributed by atoms with Crippen molar-refractivity contribution in [1.82, 2.24) is 14.9 Å². The van der Waals surface area contributed by atoms with Gasteiger partial charge in [-0.15, -0.1) is 11.3 Å². The van der Waals surface area contributed by atoms with Gasteiger partial charge in [-0.1, -0.05) is 11.6 Å². The lowest BCUT2D eigenvalue weighted by atomic mass is 10.4. The maximum absolute atomic E-state index is 11.9. The van der Waals surface area contributed by atoms with Crippen LogP contribution in [0.5, 0.6) is 0 Å². The quantitative estimate of drug-likeness (QED) is 0.770. The molecular formula is C9H10ClN3O3S2. The summed E-state index contributed by atoms with van der Waals surface area (Å²) in [6, 6.07) is 3.45. The van der Waals surface area contributed by atoms with Crippen molar-refractivity contribution in [3.05, 3.63) is 33.1 Å². The Bertz CT molecular complexity index is 635. The van der Waals surface area contributed by atoms with E-state index in [1.165, 1.54) is 17.5 Å². The van der Waals surface area contributed by atoms with E-state index in [4.69, 9.17) is 16.7 Å². The second kappa shape index (κ2) is 5.37. The van der Waals surface area contributed by atoms with Crippen LogP contribution in [-0.4, -0.2) is 23.7 Å². The fraction of sp³-hybridized carbons (Fsp3) is 0.222. The molecule has 9 heteroatoms. The Labute approximate surface area is 113 Å². The normalized spacial score (nSPS) is 11.9. The van der Waals surface area contributed by atoms with E-state index in [-0.39, 0.29) is 17.1 Å². The molecule has 0 radical (unpaired) electrons. The van der Waals surface area contributed by atoms with Crippen LogP contribution in [0.1, 0.15) is 10.4 Å². The Balaban J connectivity index is 2.13. The highest BCUT2D eigenvalue weighted by atomic mass is 35.5. The molecule has 2 rings (SSSR count). The second-order valence-corrected chi connectivity index (χ2v) is 6.92. The molecule has 0 saturated carbocycles. The second-order valence-electron chi connectivity index (χ2n) is 3.41. The molecule has 0 fully saturated rings. The molecule has 0 aliphatic carbocycles. The molecule has 98 valence electrons. The van der Waals surface area contributed by atoms with Gasteiger partial charge in [0.15, 0.2) is 5.03 Å². The van der Waals surface area contributed by atoms with Gasteiger partial charge in [-0.05, 0) is 12.1 Å². The number of rotatable bonds is 5. The molecule has 0 amide bonds. The average Bonchev–Trinajstić information content (AvgIpc) is 2.95. The first kappa shape index (κ1) is 13.5. The number of sulfonamides is 1. The highest BCUT2D eigenvalue weighted by Crippen LogP contribution is 2.21. The van der Waals surface area contributed by atoms with Crippen LogP contribution in [0.15, 0.2) is 23.4 Å². The molecule has 0 aromatic carbocycles. The van der Waals surface area contributed by atoms with Gasteiger partial charge in [0.2, 0.25) is 0 Å². The van der Waals surface area contributed by atoms with Crippen molar-refractivity contribution < 1.29 is 13.5 Å². The summed E-state index contributed by atoms with van der Waals surface area (Å²) in [4.78, 5) is 0.800. The zero-order chi connectivity index (χ0) is 13.2. The van der Waals surface area contributed by atoms with Crippen LogP contribution in [0, 0.1) is 0 Å². The van der Waals surface area contributed by atoms with Crippen molar-refractivity contribution in [2.75, 3.05) is 0 Å². The lowest BCUT2D eigenvalue weighted by Gasteiger charge is -2.04. The fourth-order valence-electron chi connectivity index (χ4n) is 1.33. The maximum atomic E-state index is 11.9. The first-order valence-corrected chi connectivity index (χ1v) is 7.57. The van der Waals surface area contributed by atoms with Gasteiger partial charge in [-0.25, -0.2) is 13.1 Å². The number of halogens is 1. The Morgan fingerprint density at radius 1 is 1.50 bits per heavy atom. The number of aromatic nitrogens is 2. The minimum Gasteiger partial charge on any atom is -0.392 e. The molecule has 0 aliphatic rings. The molecule has 18 heavy (non-hydrogen) atoms. The Morgan fingerprint density at radius 2 is 2.28 bits per heavy atom. The summed E-state index contributed by atoms with van der Waals surface area (Å²) in [5.41, 5.74) is 0.228. The highest BCUT2D eigenvalue weighted by Gasteiger charge is 2.20. The number of hydrogen-bond donors (Lipinski definition) is 3. The van der Waals surface area contributed by atoms with Crippen molar-refractivity contribution in [3.8, 4) is 0 Å². The zero-order valence-electron chi connectivity index (χ0n) is 9.05. The summed E-state index contributed by atoms with van der Waals surface area (Å²) in [5.74, 6) is 0. The Morgan fingerprint density at radius 3 is 2.89 bits per heavy atom. The fourth-order valence-corrected chi connectivity index (χ4v) is 3.57. The van der Waals surface area contributed by atoms with Gasteiger partial charge in [0, 0.05) is 17.0 Å². The number of aromatic amines is 1.